The molecule has 1 N–H and O–H groups in total. The van der Waals surface area contributed by atoms with E-state index in [-0.39, 0.29) is 12.2 Å². The summed E-state index contributed by atoms with van der Waals surface area (Å²) >= 11 is 0. The van der Waals surface area contributed by atoms with E-state index in [0.717, 1.165) is 0 Å². The highest BCUT2D eigenvalue weighted by Gasteiger charge is 2.14. The first-order valence-corrected chi connectivity index (χ1v) is 6.44. The molecule has 1 aromatic carbocycles. The molecule has 0 aliphatic heterocycles. The average Bonchev–Trinajstić information content (AvgIpc) is 2.46. The Kier molecular flexibility index (Phi) is 6.67. The predicted octanol–water partition coefficient (Wildman–Crippen LogP) is 1.92. The van der Waals surface area contributed by atoms with Gasteiger partial charge < -0.3 is 14.8 Å². The van der Waals surface area contributed by atoms with Crippen molar-refractivity contribution in [3.63, 3.8) is 0 Å². The van der Waals surface area contributed by atoms with Crippen molar-refractivity contribution >= 4 is 23.5 Å². The minimum atomic E-state index is -0.605. The Labute approximate surface area is 122 Å². The third-order valence-electron chi connectivity index (χ3n) is 2.34. The highest BCUT2D eigenvalue weighted by atomic mass is 16.5. The van der Waals surface area contributed by atoms with Crippen LogP contribution < -0.4 is 5.32 Å². The number of amides is 1. The van der Waals surface area contributed by atoms with Crippen molar-refractivity contribution in [1.29, 1.82) is 0 Å². The van der Waals surface area contributed by atoms with Gasteiger partial charge in [0.2, 0.25) is 0 Å². The van der Waals surface area contributed by atoms with Crippen LogP contribution in [0.15, 0.2) is 36.4 Å². The number of hydrogen-bond acceptors (Lipinski definition) is 5. The van der Waals surface area contributed by atoms with Crippen molar-refractivity contribution < 1.29 is 23.9 Å². The lowest BCUT2D eigenvalue weighted by atomic mass is 10.2. The number of nitrogens with one attached hydrogen (secondary N) is 1. The number of hydrogen-bond donors (Lipinski definition) is 1. The third-order valence-corrected chi connectivity index (χ3v) is 2.34. The van der Waals surface area contributed by atoms with E-state index in [1.54, 1.807) is 38.1 Å². The lowest BCUT2D eigenvalue weighted by Crippen LogP contribution is -2.21. The maximum atomic E-state index is 11.7. The zero-order valence-electron chi connectivity index (χ0n) is 11.9. The number of allylic oxidation sites excluding steroid dienone is 1. The molecule has 6 nitrogen and oxygen atoms in total. The zero-order chi connectivity index (χ0) is 15.7. The Morgan fingerprint density at radius 2 is 1.90 bits per heavy atom. The van der Waals surface area contributed by atoms with Crippen molar-refractivity contribution in [3.8, 4) is 0 Å². The van der Waals surface area contributed by atoms with Gasteiger partial charge in [-0.3, -0.25) is 4.79 Å². The predicted molar refractivity (Wildman–Crippen MR) is 76.8 cm³/mol. The SMILES string of the molecule is C/C=C/C(=O)OCC(=O)Nc1ccccc1C(=O)OCC. The van der Waals surface area contributed by atoms with E-state index in [1.165, 1.54) is 12.2 Å². The number of para-hydroxylation sites is 1. The highest BCUT2D eigenvalue weighted by Crippen LogP contribution is 2.16. The molecule has 6 heteroatoms. The molecule has 0 unspecified atom stereocenters. The summed E-state index contributed by atoms with van der Waals surface area (Å²) in [6.07, 6.45) is 2.72. The number of anilines is 1. The van der Waals surface area contributed by atoms with Gasteiger partial charge in [0.05, 0.1) is 17.9 Å². The fourth-order valence-corrected chi connectivity index (χ4v) is 1.49. The number of carbonyl (C=O) groups excluding carboxylic acids is 3. The lowest BCUT2D eigenvalue weighted by Gasteiger charge is -2.10. The van der Waals surface area contributed by atoms with E-state index in [0.29, 0.717) is 5.69 Å². The van der Waals surface area contributed by atoms with Crippen LogP contribution in [0.3, 0.4) is 0 Å². The van der Waals surface area contributed by atoms with E-state index < -0.39 is 24.5 Å². The first kappa shape index (κ1) is 16.4. The fraction of sp³-hybridized carbons (Fsp3) is 0.267. The Morgan fingerprint density at radius 3 is 2.57 bits per heavy atom. The molecule has 0 atom stereocenters. The summed E-state index contributed by atoms with van der Waals surface area (Å²) in [5, 5.41) is 2.51. The van der Waals surface area contributed by atoms with Gasteiger partial charge in [-0.15, -0.1) is 0 Å². The lowest BCUT2D eigenvalue weighted by molar-refractivity contribution is -0.142. The Balaban J connectivity index is 2.68. The Morgan fingerprint density at radius 1 is 1.19 bits per heavy atom. The normalized spacial score (nSPS) is 10.2. The first-order valence-electron chi connectivity index (χ1n) is 6.44. The quantitative estimate of drug-likeness (QED) is 0.639. The second-order valence-corrected chi connectivity index (χ2v) is 3.92. The monoisotopic (exact) mass is 291 g/mol. The van der Waals surface area contributed by atoms with Gasteiger partial charge >= 0.3 is 11.9 Å². The van der Waals surface area contributed by atoms with Crippen LogP contribution in [0.2, 0.25) is 0 Å². The summed E-state index contributed by atoms with van der Waals surface area (Å²) < 4.78 is 9.61. The third kappa shape index (κ3) is 5.48. The van der Waals surface area contributed by atoms with Crippen LogP contribution >= 0.6 is 0 Å². The van der Waals surface area contributed by atoms with Gasteiger partial charge in [0.15, 0.2) is 6.61 Å². The van der Waals surface area contributed by atoms with Crippen LogP contribution in [0.5, 0.6) is 0 Å². The molecular formula is C15H17NO5. The maximum absolute atomic E-state index is 11.7. The molecule has 0 aliphatic rings. The number of esters is 2. The van der Waals surface area contributed by atoms with Crippen molar-refractivity contribution in [2.24, 2.45) is 0 Å². The van der Waals surface area contributed by atoms with E-state index in [1.807, 2.05) is 0 Å². The van der Waals surface area contributed by atoms with Crippen LogP contribution in [-0.2, 0) is 19.1 Å². The standard InChI is InChI=1S/C15H17NO5/c1-3-7-14(18)21-10-13(17)16-12-9-6-5-8-11(12)15(19)20-4-2/h3,5-9H,4,10H2,1-2H3,(H,16,17)/b7-3+. The summed E-state index contributed by atoms with van der Waals surface area (Å²) in [6, 6.07) is 6.44. The average molecular weight is 291 g/mol. The molecule has 0 saturated heterocycles. The Hall–Kier alpha value is -2.63. The molecule has 21 heavy (non-hydrogen) atoms. The van der Waals surface area contributed by atoms with Crippen molar-refractivity contribution in [2.75, 3.05) is 18.5 Å². The molecule has 0 fully saturated rings. The summed E-state index contributed by atoms with van der Waals surface area (Å²) in [5.74, 6) is -1.67. The van der Waals surface area contributed by atoms with Gasteiger partial charge in [-0.05, 0) is 26.0 Å². The topological polar surface area (TPSA) is 81.7 Å². The summed E-state index contributed by atoms with van der Waals surface area (Å²) in [4.78, 5) is 34.5. The molecule has 0 spiro atoms. The molecule has 0 bridgehead atoms. The summed E-state index contributed by atoms with van der Waals surface area (Å²) in [5.41, 5.74) is 0.551. The van der Waals surface area contributed by atoms with E-state index in [2.05, 4.69) is 5.32 Å². The van der Waals surface area contributed by atoms with Gasteiger partial charge in [0.25, 0.3) is 5.91 Å². The minimum Gasteiger partial charge on any atom is -0.462 e. The number of rotatable bonds is 6. The molecule has 1 aromatic rings. The fourth-order valence-electron chi connectivity index (χ4n) is 1.49. The van der Waals surface area contributed by atoms with Crippen LogP contribution in [-0.4, -0.2) is 31.1 Å². The molecule has 1 amide bonds. The summed E-state index contributed by atoms with van der Waals surface area (Å²) in [6.45, 7) is 3.17. The first-order chi connectivity index (χ1) is 10.1. The van der Waals surface area contributed by atoms with Gasteiger partial charge in [-0.1, -0.05) is 18.2 Å². The molecule has 0 aromatic heterocycles. The molecule has 0 heterocycles. The van der Waals surface area contributed by atoms with E-state index in [9.17, 15) is 14.4 Å². The smallest absolute Gasteiger partial charge is 0.340 e. The zero-order valence-corrected chi connectivity index (χ0v) is 11.9. The van der Waals surface area contributed by atoms with Gasteiger partial charge in [-0.25, -0.2) is 9.59 Å². The number of carbonyl (C=O) groups is 3. The van der Waals surface area contributed by atoms with E-state index in [4.69, 9.17) is 9.47 Å². The Bertz CT molecular complexity index is 551. The van der Waals surface area contributed by atoms with Gasteiger partial charge in [0, 0.05) is 6.08 Å². The summed E-state index contributed by atoms with van der Waals surface area (Å²) in [7, 11) is 0. The van der Waals surface area contributed by atoms with Gasteiger partial charge in [-0.2, -0.15) is 0 Å². The van der Waals surface area contributed by atoms with Crippen LogP contribution in [0.4, 0.5) is 5.69 Å². The molecule has 112 valence electrons. The number of benzene rings is 1. The van der Waals surface area contributed by atoms with E-state index >= 15 is 0 Å². The van der Waals surface area contributed by atoms with Crippen molar-refractivity contribution in [2.45, 2.75) is 13.8 Å². The van der Waals surface area contributed by atoms with Crippen molar-refractivity contribution in [1.82, 2.24) is 0 Å². The van der Waals surface area contributed by atoms with Crippen molar-refractivity contribution in [3.05, 3.63) is 42.0 Å². The second-order valence-electron chi connectivity index (χ2n) is 3.92. The number of ether oxygens (including phenoxy) is 2. The molecule has 0 aliphatic carbocycles. The van der Waals surface area contributed by atoms with Crippen LogP contribution in [0.25, 0.3) is 0 Å². The maximum Gasteiger partial charge on any atom is 0.340 e. The molecular weight excluding hydrogens is 274 g/mol. The van der Waals surface area contributed by atoms with Gasteiger partial charge in [0.1, 0.15) is 0 Å². The minimum absolute atomic E-state index is 0.238. The largest absolute Gasteiger partial charge is 0.462 e. The highest BCUT2D eigenvalue weighted by molar-refractivity contribution is 6.02. The second kappa shape index (κ2) is 8.52. The van der Waals surface area contributed by atoms with Crippen LogP contribution in [0.1, 0.15) is 24.2 Å². The molecule has 0 saturated carbocycles. The van der Waals surface area contributed by atoms with Crippen LogP contribution in [0, 0.1) is 0 Å². The molecule has 1 rings (SSSR count). The molecule has 0 radical (unpaired) electrons.